The molecule has 1 aromatic heterocycles. The van der Waals surface area contributed by atoms with Crippen LogP contribution in [0.5, 0.6) is 0 Å². The number of esters is 1. The van der Waals surface area contributed by atoms with Crippen LogP contribution < -0.4 is 4.90 Å². The number of fused-ring (bicyclic) bond motifs is 1. The van der Waals surface area contributed by atoms with E-state index < -0.39 is 6.04 Å². The number of thiazole rings is 1. The predicted molar refractivity (Wildman–Crippen MR) is 88.7 cm³/mol. The zero-order chi connectivity index (χ0) is 15.0. The lowest BCUT2D eigenvalue weighted by molar-refractivity contribution is -0.141. The Morgan fingerprint density at radius 3 is 2.95 bits per heavy atom. The van der Waals surface area contributed by atoms with E-state index in [1.807, 2.05) is 26.2 Å². The number of hydrogen-bond donors (Lipinski definition) is 0. The van der Waals surface area contributed by atoms with Gasteiger partial charge in [0.1, 0.15) is 10.1 Å². The van der Waals surface area contributed by atoms with E-state index in [1.54, 1.807) is 23.1 Å². The van der Waals surface area contributed by atoms with Crippen molar-refractivity contribution in [1.82, 2.24) is 4.98 Å². The number of anilines is 1. The van der Waals surface area contributed by atoms with Gasteiger partial charge in [-0.1, -0.05) is 0 Å². The molecule has 5 nitrogen and oxygen atoms in total. The van der Waals surface area contributed by atoms with Crippen molar-refractivity contribution in [3.8, 4) is 0 Å². The van der Waals surface area contributed by atoms with Crippen LogP contribution in [0.2, 0.25) is 0 Å². The van der Waals surface area contributed by atoms with Crippen molar-refractivity contribution >= 4 is 50.0 Å². The van der Waals surface area contributed by atoms with Crippen molar-refractivity contribution < 1.29 is 9.53 Å². The Hall–Kier alpha value is -1.60. The molecule has 0 bridgehead atoms. The number of aliphatic imine (C=N–C) groups is 1. The highest BCUT2D eigenvalue weighted by Crippen LogP contribution is 2.31. The largest absolute Gasteiger partial charge is 0.467 e. The Morgan fingerprint density at radius 1 is 1.43 bits per heavy atom. The maximum atomic E-state index is 11.5. The summed E-state index contributed by atoms with van der Waals surface area (Å²) in [6.45, 7) is 0. The first-order chi connectivity index (χ1) is 10.1. The van der Waals surface area contributed by atoms with Crippen molar-refractivity contribution in [1.29, 1.82) is 0 Å². The Bertz CT molecular complexity index is 724. The van der Waals surface area contributed by atoms with E-state index in [2.05, 4.69) is 20.9 Å². The Labute approximate surface area is 131 Å². The second kappa shape index (κ2) is 5.65. The molecule has 110 valence electrons. The Kier molecular flexibility index (Phi) is 3.86. The number of ether oxygens (including phenoxy) is 1. The molecule has 1 aliphatic rings. The minimum Gasteiger partial charge on any atom is -0.467 e. The number of hydrogen-bond acceptors (Lipinski definition) is 7. The van der Waals surface area contributed by atoms with E-state index in [9.17, 15) is 4.79 Å². The van der Waals surface area contributed by atoms with Crippen LogP contribution in [-0.2, 0) is 9.53 Å². The molecule has 7 heteroatoms. The van der Waals surface area contributed by atoms with Crippen LogP contribution in [0.3, 0.4) is 0 Å². The van der Waals surface area contributed by atoms with Gasteiger partial charge in [0, 0.05) is 25.5 Å². The molecule has 0 amide bonds. The van der Waals surface area contributed by atoms with Gasteiger partial charge in [0.25, 0.3) is 0 Å². The number of methoxy groups -OCH3 is 1. The third kappa shape index (κ3) is 2.75. The van der Waals surface area contributed by atoms with Crippen LogP contribution >= 0.6 is 23.1 Å². The fraction of sp³-hybridized carbons (Fsp3) is 0.357. The van der Waals surface area contributed by atoms with Gasteiger partial charge in [0.15, 0.2) is 6.04 Å². The van der Waals surface area contributed by atoms with E-state index >= 15 is 0 Å². The van der Waals surface area contributed by atoms with Gasteiger partial charge >= 0.3 is 5.97 Å². The van der Waals surface area contributed by atoms with Crippen molar-refractivity contribution in [2.24, 2.45) is 4.99 Å². The molecule has 0 aliphatic carbocycles. The summed E-state index contributed by atoms with van der Waals surface area (Å²) in [5, 5.41) is 1.70. The van der Waals surface area contributed by atoms with Crippen molar-refractivity contribution in [2.75, 3.05) is 31.9 Å². The predicted octanol–water partition coefficient (Wildman–Crippen LogP) is 2.40. The summed E-state index contributed by atoms with van der Waals surface area (Å²) in [7, 11) is 5.42. The van der Waals surface area contributed by atoms with Crippen LogP contribution in [0.25, 0.3) is 10.2 Å². The van der Waals surface area contributed by atoms with Crippen LogP contribution in [0, 0.1) is 0 Å². The number of carbonyl (C=O) groups is 1. The zero-order valence-corrected chi connectivity index (χ0v) is 13.6. The highest BCUT2D eigenvalue weighted by Gasteiger charge is 2.27. The van der Waals surface area contributed by atoms with Gasteiger partial charge < -0.3 is 9.64 Å². The molecule has 2 aromatic rings. The van der Waals surface area contributed by atoms with E-state index in [1.165, 1.54) is 7.11 Å². The molecule has 0 radical (unpaired) electrons. The molecule has 0 fully saturated rings. The first kappa shape index (κ1) is 14.3. The maximum Gasteiger partial charge on any atom is 0.331 e. The fourth-order valence-electron chi connectivity index (χ4n) is 2.03. The van der Waals surface area contributed by atoms with Gasteiger partial charge in [-0.3, -0.25) is 4.99 Å². The summed E-state index contributed by atoms with van der Waals surface area (Å²) in [6.07, 6.45) is 0. The summed E-state index contributed by atoms with van der Waals surface area (Å²) < 4.78 is 5.86. The van der Waals surface area contributed by atoms with Gasteiger partial charge in [-0.05, 0) is 18.2 Å². The molecule has 0 saturated heterocycles. The molecule has 21 heavy (non-hydrogen) atoms. The van der Waals surface area contributed by atoms with Crippen LogP contribution in [0.15, 0.2) is 23.2 Å². The first-order valence-electron chi connectivity index (χ1n) is 6.45. The Balaban J connectivity index is 1.93. The number of nitrogens with zero attached hydrogens (tertiary/aromatic N) is 3. The van der Waals surface area contributed by atoms with E-state index in [-0.39, 0.29) is 5.97 Å². The van der Waals surface area contributed by atoms with Gasteiger partial charge in [-0.2, -0.15) is 0 Å². The SMILES string of the molecule is COC(=O)[C@H]1CSC(c2nc3ccc(N(C)C)cc3s2)=N1. The minimum atomic E-state index is -0.403. The fourth-order valence-corrected chi connectivity index (χ4v) is 4.12. The number of thioether (sulfide) groups is 1. The van der Waals surface area contributed by atoms with E-state index in [4.69, 9.17) is 4.74 Å². The quantitative estimate of drug-likeness (QED) is 0.813. The number of benzene rings is 1. The molecular weight excluding hydrogens is 306 g/mol. The maximum absolute atomic E-state index is 11.5. The minimum absolute atomic E-state index is 0.284. The lowest BCUT2D eigenvalue weighted by Crippen LogP contribution is -2.19. The number of rotatable bonds is 3. The molecular formula is C14H15N3O2S2. The number of carbonyl (C=O) groups excluding carboxylic acids is 1. The monoisotopic (exact) mass is 321 g/mol. The third-order valence-corrected chi connectivity index (χ3v) is 5.40. The summed E-state index contributed by atoms with van der Waals surface area (Å²) in [4.78, 5) is 22.6. The molecule has 0 spiro atoms. The molecule has 1 aromatic carbocycles. The summed E-state index contributed by atoms with van der Waals surface area (Å²) in [5.41, 5.74) is 2.11. The highest BCUT2D eigenvalue weighted by atomic mass is 32.2. The standard InChI is InChI=1S/C14H15N3O2S2/c1-17(2)8-4-5-9-11(6-8)21-13(15-9)12-16-10(7-20-12)14(18)19-3/h4-6,10H,7H2,1-3H3/t10-/m1/s1. The van der Waals surface area contributed by atoms with Crippen molar-refractivity contribution in [3.05, 3.63) is 23.2 Å². The van der Waals surface area contributed by atoms with Crippen molar-refractivity contribution in [3.63, 3.8) is 0 Å². The molecule has 0 N–H and O–H groups in total. The van der Waals surface area contributed by atoms with E-state index in [0.29, 0.717) is 5.75 Å². The van der Waals surface area contributed by atoms with Crippen molar-refractivity contribution in [2.45, 2.75) is 6.04 Å². The van der Waals surface area contributed by atoms with Crippen LogP contribution in [0.4, 0.5) is 5.69 Å². The summed E-state index contributed by atoms with van der Waals surface area (Å²) >= 11 is 3.17. The van der Waals surface area contributed by atoms with Crippen LogP contribution in [-0.4, -0.2) is 49.0 Å². The topological polar surface area (TPSA) is 54.8 Å². The van der Waals surface area contributed by atoms with Gasteiger partial charge in [0.05, 0.1) is 17.3 Å². The second-order valence-electron chi connectivity index (χ2n) is 4.85. The molecule has 0 unspecified atom stereocenters. The van der Waals surface area contributed by atoms with Crippen LogP contribution in [0.1, 0.15) is 5.01 Å². The Morgan fingerprint density at radius 2 is 2.24 bits per heavy atom. The lowest BCUT2D eigenvalue weighted by Gasteiger charge is -2.11. The smallest absolute Gasteiger partial charge is 0.331 e. The zero-order valence-electron chi connectivity index (χ0n) is 12.0. The average Bonchev–Trinajstić information content (AvgIpc) is 3.11. The van der Waals surface area contributed by atoms with E-state index in [0.717, 1.165) is 26.0 Å². The molecule has 1 aliphatic heterocycles. The third-order valence-electron chi connectivity index (χ3n) is 3.20. The summed E-state index contributed by atoms with van der Waals surface area (Å²) in [6, 6.07) is 5.78. The lowest BCUT2D eigenvalue weighted by atomic mass is 10.3. The average molecular weight is 321 g/mol. The molecule has 0 saturated carbocycles. The molecule has 3 rings (SSSR count). The van der Waals surface area contributed by atoms with Gasteiger partial charge in [0.2, 0.25) is 0 Å². The molecule has 2 heterocycles. The second-order valence-corrected chi connectivity index (χ2v) is 6.89. The normalized spacial score (nSPS) is 17.9. The van der Waals surface area contributed by atoms with Gasteiger partial charge in [-0.25, -0.2) is 9.78 Å². The first-order valence-corrected chi connectivity index (χ1v) is 8.25. The summed E-state index contributed by atoms with van der Waals surface area (Å²) in [5.74, 6) is 0.342. The number of aromatic nitrogens is 1. The van der Waals surface area contributed by atoms with Gasteiger partial charge in [-0.15, -0.1) is 23.1 Å². The molecule has 1 atom stereocenters. The highest BCUT2D eigenvalue weighted by molar-refractivity contribution is 8.15.